The van der Waals surface area contributed by atoms with Crippen LogP contribution in [0.1, 0.15) is 47.9 Å². The monoisotopic (exact) mass is 746 g/mol. The maximum atomic E-state index is 2.61. The number of hydrogen-bond donors (Lipinski definition) is 0. The Morgan fingerprint density at radius 3 is 0.966 bits per heavy atom. The molecule has 58 heavy (non-hydrogen) atoms. The maximum absolute atomic E-state index is 2.61. The Kier molecular flexibility index (Phi) is 8.77. The smallest absolute Gasteiger partial charge is 0.0532 e. The quantitative estimate of drug-likeness (QED) is 0.118. The van der Waals surface area contributed by atoms with Crippen molar-refractivity contribution < 1.29 is 0 Å². The van der Waals surface area contributed by atoms with Gasteiger partial charge in [-0.2, -0.15) is 0 Å². The number of para-hydroxylation sites is 3. The van der Waals surface area contributed by atoms with Crippen molar-refractivity contribution in [2.75, 3.05) is 9.80 Å². The van der Waals surface area contributed by atoms with Crippen LogP contribution in [0.2, 0.25) is 0 Å². The molecule has 280 valence electrons. The van der Waals surface area contributed by atoms with E-state index in [1.807, 2.05) is 0 Å². The minimum atomic E-state index is 1.09. The average Bonchev–Trinajstić information content (AvgIpc) is 3.31. The van der Waals surface area contributed by atoms with Crippen LogP contribution in [0.3, 0.4) is 0 Å². The van der Waals surface area contributed by atoms with E-state index in [0.717, 1.165) is 25.7 Å². The van der Waals surface area contributed by atoms with E-state index in [-0.39, 0.29) is 0 Å². The van der Waals surface area contributed by atoms with Crippen LogP contribution in [0.15, 0.2) is 182 Å². The molecule has 0 saturated carbocycles. The minimum absolute atomic E-state index is 1.09. The highest BCUT2D eigenvalue weighted by molar-refractivity contribution is 6.25. The molecule has 0 spiro atoms. The largest absolute Gasteiger partial charge is 0.310 e. The highest BCUT2D eigenvalue weighted by Crippen LogP contribution is 2.52. The predicted molar refractivity (Wildman–Crippen MR) is 247 cm³/mol. The van der Waals surface area contributed by atoms with E-state index in [1.54, 1.807) is 0 Å². The predicted octanol–water partition coefficient (Wildman–Crippen LogP) is 15.5. The zero-order chi connectivity index (χ0) is 38.4. The highest BCUT2D eigenvalue weighted by Gasteiger charge is 2.33. The molecule has 0 N–H and O–H groups in total. The van der Waals surface area contributed by atoms with E-state index in [4.69, 9.17) is 0 Å². The van der Waals surface area contributed by atoms with Crippen LogP contribution in [0, 0.1) is 0 Å². The topological polar surface area (TPSA) is 6.48 Å². The molecule has 0 bridgehead atoms. The maximum Gasteiger partial charge on any atom is 0.0532 e. The third kappa shape index (κ3) is 5.86. The van der Waals surface area contributed by atoms with Gasteiger partial charge in [0.1, 0.15) is 0 Å². The molecule has 0 heterocycles. The van der Waals surface area contributed by atoms with Gasteiger partial charge in [-0.25, -0.2) is 0 Å². The summed E-state index contributed by atoms with van der Waals surface area (Å²) < 4.78 is 0. The van der Waals surface area contributed by atoms with Crippen LogP contribution in [-0.4, -0.2) is 0 Å². The van der Waals surface area contributed by atoms with Crippen LogP contribution >= 0.6 is 0 Å². The van der Waals surface area contributed by atoms with Gasteiger partial charge in [0.15, 0.2) is 0 Å². The molecule has 9 aromatic rings. The third-order valence-corrected chi connectivity index (χ3v) is 12.8. The molecule has 0 amide bonds. The summed E-state index contributed by atoms with van der Waals surface area (Å²) in [7, 11) is 0. The standard InChI is InChI=1S/C56H46N2/c1-4-18-41(19-5-1)57(42-20-6-2-7-21-42)55-50-28-14-16-30-52(50)56(53-31-17-15-29-51(53)55)58(43-22-8-3-9-23-43)44-35-32-39(33-36-44)40-34-37-49-47-26-11-10-24-45(47)46-25-12-13-27-48(46)54(49)38-40/h1-13,18-27,32-38H,14-17,28-31H2. The van der Waals surface area contributed by atoms with Crippen molar-refractivity contribution in [2.24, 2.45) is 0 Å². The molecule has 0 radical (unpaired) electrons. The second kappa shape index (κ2) is 14.7. The van der Waals surface area contributed by atoms with Crippen molar-refractivity contribution in [2.45, 2.75) is 51.4 Å². The van der Waals surface area contributed by atoms with Crippen LogP contribution in [0.4, 0.5) is 34.1 Å². The summed E-state index contributed by atoms with van der Waals surface area (Å²) in [6.07, 6.45) is 9.21. The van der Waals surface area contributed by atoms with Crippen LogP contribution in [0.25, 0.3) is 43.4 Å². The van der Waals surface area contributed by atoms with Crippen molar-refractivity contribution in [1.29, 1.82) is 0 Å². The summed E-state index contributed by atoms with van der Waals surface area (Å²) in [4.78, 5) is 5.19. The molecule has 2 aliphatic carbocycles. The van der Waals surface area contributed by atoms with E-state index in [1.165, 1.54) is 126 Å². The van der Waals surface area contributed by atoms with Crippen molar-refractivity contribution in [3.05, 3.63) is 204 Å². The Hall–Kier alpha value is -6.64. The number of hydrogen-bond acceptors (Lipinski definition) is 2. The average molecular weight is 747 g/mol. The fourth-order valence-corrected chi connectivity index (χ4v) is 10.2. The minimum Gasteiger partial charge on any atom is -0.310 e. The Bertz CT molecular complexity index is 2820. The van der Waals surface area contributed by atoms with Gasteiger partial charge in [-0.05, 0) is 172 Å². The van der Waals surface area contributed by atoms with Gasteiger partial charge < -0.3 is 9.80 Å². The zero-order valence-electron chi connectivity index (χ0n) is 32.9. The van der Waals surface area contributed by atoms with Crippen LogP contribution in [-0.2, 0) is 25.7 Å². The Balaban J connectivity index is 1.09. The van der Waals surface area contributed by atoms with Crippen LogP contribution in [0.5, 0.6) is 0 Å². The van der Waals surface area contributed by atoms with E-state index < -0.39 is 0 Å². The normalized spacial score (nSPS) is 13.7. The van der Waals surface area contributed by atoms with Crippen molar-refractivity contribution in [3.63, 3.8) is 0 Å². The number of benzene rings is 9. The van der Waals surface area contributed by atoms with Gasteiger partial charge in [-0.3, -0.25) is 0 Å². The molecule has 2 aliphatic rings. The van der Waals surface area contributed by atoms with E-state index in [0.29, 0.717) is 0 Å². The lowest BCUT2D eigenvalue weighted by Gasteiger charge is -2.40. The van der Waals surface area contributed by atoms with Crippen molar-refractivity contribution >= 4 is 66.4 Å². The van der Waals surface area contributed by atoms with E-state index in [9.17, 15) is 0 Å². The molecule has 9 aromatic carbocycles. The molecule has 0 atom stereocenters. The molecular weight excluding hydrogens is 701 g/mol. The zero-order valence-corrected chi connectivity index (χ0v) is 32.9. The Morgan fingerprint density at radius 1 is 0.259 bits per heavy atom. The summed E-state index contributed by atoms with van der Waals surface area (Å²) in [6.45, 7) is 0. The van der Waals surface area contributed by atoms with Gasteiger partial charge in [0.2, 0.25) is 0 Å². The molecule has 2 heteroatoms. The van der Waals surface area contributed by atoms with Gasteiger partial charge in [-0.15, -0.1) is 0 Å². The van der Waals surface area contributed by atoms with Gasteiger partial charge in [0.05, 0.1) is 11.4 Å². The summed E-state index contributed by atoms with van der Waals surface area (Å²) in [5.41, 5.74) is 16.3. The summed E-state index contributed by atoms with van der Waals surface area (Å²) in [5.74, 6) is 0. The first-order valence-corrected chi connectivity index (χ1v) is 21.2. The molecule has 0 unspecified atom stereocenters. The number of nitrogens with zero attached hydrogens (tertiary/aromatic N) is 2. The molecule has 0 fully saturated rings. The second-order valence-electron chi connectivity index (χ2n) is 16.1. The number of fused-ring (bicyclic) bond motifs is 8. The van der Waals surface area contributed by atoms with Gasteiger partial charge >= 0.3 is 0 Å². The lowest BCUT2D eigenvalue weighted by Crippen LogP contribution is -2.25. The van der Waals surface area contributed by atoms with Crippen LogP contribution < -0.4 is 9.80 Å². The third-order valence-electron chi connectivity index (χ3n) is 12.8. The fraction of sp³-hybridized carbons (Fsp3) is 0.143. The molecule has 0 aliphatic heterocycles. The van der Waals surface area contributed by atoms with Gasteiger partial charge in [0, 0.05) is 22.7 Å². The molecule has 2 nitrogen and oxygen atoms in total. The highest BCUT2D eigenvalue weighted by atomic mass is 15.2. The Morgan fingerprint density at radius 2 is 0.569 bits per heavy atom. The first kappa shape index (κ1) is 34.6. The SMILES string of the molecule is c1ccc(N(c2ccccc2)c2c3c(c(N(c4ccccc4)c4ccc(-c5ccc6c7ccccc7c7ccccc7c6c5)cc4)c4c2CCCC4)CCCC3)cc1. The summed E-state index contributed by atoms with van der Waals surface area (Å²) >= 11 is 0. The van der Waals surface area contributed by atoms with Crippen molar-refractivity contribution in [3.8, 4) is 11.1 Å². The van der Waals surface area contributed by atoms with Gasteiger partial charge in [-0.1, -0.05) is 127 Å². The van der Waals surface area contributed by atoms with E-state index in [2.05, 4.69) is 192 Å². The van der Waals surface area contributed by atoms with E-state index >= 15 is 0 Å². The first-order chi connectivity index (χ1) is 28.8. The molecule has 0 aromatic heterocycles. The molecular formula is C56H46N2. The lowest BCUT2D eigenvalue weighted by molar-refractivity contribution is 0.659. The summed E-state index contributed by atoms with van der Waals surface area (Å²) in [5, 5.41) is 7.85. The fourth-order valence-electron chi connectivity index (χ4n) is 10.2. The first-order valence-electron chi connectivity index (χ1n) is 21.2. The van der Waals surface area contributed by atoms with Gasteiger partial charge in [0.25, 0.3) is 0 Å². The second-order valence-corrected chi connectivity index (χ2v) is 16.1. The number of rotatable bonds is 7. The van der Waals surface area contributed by atoms with Crippen molar-refractivity contribution in [1.82, 2.24) is 0 Å². The summed E-state index contributed by atoms with van der Waals surface area (Å²) in [6, 6.07) is 67.4. The Labute approximate surface area is 341 Å². The lowest BCUT2D eigenvalue weighted by atomic mass is 9.78. The number of anilines is 6. The molecule has 0 saturated heterocycles. The molecule has 11 rings (SSSR count).